The van der Waals surface area contributed by atoms with Crippen molar-refractivity contribution in [2.45, 2.75) is 0 Å². The van der Waals surface area contributed by atoms with Crippen molar-refractivity contribution in [3.63, 3.8) is 0 Å². The molecular weight excluding hydrogens is 338 g/mol. The Labute approximate surface area is 149 Å². The normalized spacial score (nSPS) is 12.6. The molecule has 26 heavy (non-hydrogen) atoms. The summed E-state index contributed by atoms with van der Waals surface area (Å²) < 4.78 is 10.8. The van der Waals surface area contributed by atoms with E-state index in [4.69, 9.17) is 9.47 Å². The first kappa shape index (κ1) is 17.3. The van der Waals surface area contributed by atoms with Crippen LogP contribution in [0.5, 0.6) is 17.2 Å². The smallest absolute Gasteiger partial charge is 0.259 e. The van der Waals surface area contributed by atoms with Crippen LogP contribution in [0.3, 0.4) is 0 Å². The van der Waals surface area contributed by atoms with E-state index in [-0.39, 0.29) is 12.3 Å². The molecule has 0 unspecified atom stereocenters. The lowest BCUT2D eigenvalue weighted by atomic mass is 10.2. The minimum atomic E-state index is -0.498. The Morgan fingerprint density at radius 1 is 1.12 bits per heavy atom. The summed E-state index contributed by atoms with van der Waals surface area (Å²) in [7, 11) is 0. The fourth-order valence-corrected chi connectivity index (χ4v) is 2.26. The van der Waals surface area contributed by atoms with Crippen LogP contribution in [0.2, 0.25) is 0 Å². The maximum absolute atomic E-state index is 12.1. The van der Waals surface area contributed by atoms with Crippen LogP contribution in [0, 0.1) is 0 Å². The van der Waals surface area contributed by atoms with Gasteiger partial charge in [0.15, 0.2) is 11.5 Å². The molecule has 8 nitrogen and oxygen atoms in total. The molecule has 134 valence electrons. The largest absolute Gasteiger partial charge is 0.507 e. The zero-order valence-corrected chi connectivity index (χ0v) is 13.8. The number of hydrogen-bond acceptors (Lipinski definition) is 6. The van der Waals surface area contributed by atoms with Gasteiger partial charge in [0.05, 0.1) is 12.8 Å². The predicted molar refractivity (Wildman–Crippen MR) is 93.6 cm³/mol. The van der Waals surface area contributed by atoms with Crippen molar-refractivity contribution in [3.05, 3.63) is 53.6 Å². The first-order valence-corrected chi connectivity index (χ1v) is 7.91. The molecule has 2 aromatic carbocycles. The highest BCUT2D eigenvalue weighted by Crippen LogP contribution is 2.30. The quantitative estimate of drug-likeness (QED) is 0.548. The summed E-state index contributed by atoms with van der Waals surface area (Å²) in [6.45, 7) is 0.654. The number of phenolic OH excluding ortho intramolecular Hbond substituents is 1. The van der Waals surface area contributed by atoms with Crippen molar-refractivity contribution >= 4 is 18.0 Å². The zero-order chi connectivity index (χ0) is 18.4. The Balaban J connectivity index is 1.50. The minimum absolute atomic E-state index is 0.0532. The monoisotopic (exact) mass is 355 g/mol. The molecular formula is C18H17N3O5. The van der Waals surface area contributed by atoms with E-state index < -0.39 is 11.8 Å². The number of benzene rings is 2. The maximum atomic E-state index is 12.1. The van der Waals surface area contributed by atoms with Crippen LogP contribution in [0.4, 0.5) is 0 Å². The van der Waals surface area contributed by atoms with Gasteiger partial charge in [0.2, 0.25) is 0 Å². The summed E-state index contributed by atoms with van der Waals surface area (Å²) in [6.07, 6.45) is 1.32. The standard InChI is InChI=1S/C18H17N3O5/c22-14-4-2-1-3-13(14)10-20-21-17(23)11-19-18(24)12-5-6-15-16(9-12)26-8-7-25-15/h1-6,9-10,22H,7-8,11H2,(H,19,24)(H,21,23)/b20-10+. The summed E-state index contributed by atoms with van der Waals surface area (Å²) in [5.41, 5.74) is 3.10. The molecule has 0 spiro atoms. The zero-order valence-electron chi connectivity index (χ0n) is 13.8. The van der Waals surface area contributed by atoms with E-state index in [9.17, 15) is 14.7 Å². The first-order chi connectivity index (χ1) is 12.6. The number of nitrogens with zero attached hydrogens (tertiary/aromatic N) is 1. The van der Waals surface area contributed by atoms with Gasteiger partial charge in [-0.1, -0.05) is 12.1 Å². The van der Waals surface area contributed by atoms with E-state index in [1.165, 1.54) is 12.3 Å². The number of fused-ring (bicyclic) bond motifs is 1. The molecule has 0 radical (unpaired) electrons. The van der Waals surface area contributed by atoms with Crippen LogP contribution >= 0.6 is 0 Å². The number of aromatic hydroxyl groups is 1. The van der Waals surface area contributed by atoms with Gasteiger partial charge in [0.1, 0.15) is 19.0 Å². The van der Waals surface area contributed by atoms with Crippen molar-refractivity contribution in [3.8, 4) is 17.2 Å². The fourth-order valence-electron chi connectivity index (χ4n) is 2.26. The Morgan fingerprint density at radius 2 is 1.88 bits per heavy atom. The number of nitrogens with one attached hydrogen (secondary N) is 2. The molecule has 0 fully saturated rings. The van der Waals surface area contributed by atoms with E-state index in [1.54, 1.807) is 36.4 Å². The molecule has 1 aliphatic rings. The van der Waals surface area contributed by atoms with E-state index in [0.717, 1.165) is 0 Å². The van der Waals surface area contributed by atoms with Gasteiger partial charge in [-0.2, -0.15) is 5.10 Å². The molecule has 2 amide bonds. The number of rotatable bonds is 5. The lowest BCUT2D eigenvalue weighted by Gasteiger charge is -2.18. The molecule has 3 N–H and O–H groups in total. The van der Waals surface area contributed by atoms with E-state index in [0.29, 0.717) is 35.8 Å². The van der Waals surface area contributed by atoms with Crippen molar-refractivity contribution in [2.75, 3.05) is 19.8 Å². The Bertz CT molecular complexity index is 850. The number of para-hydroxylation sites is 1. The molecule has 0 bridgehead atoms. The second-order valence-corrected chi connectivity index (χ2v) is 5.39. The average Bonchev–Trinajstić information content (AvgIpc) is 2.67. The highest BCUT2D eigenvalue weighted by Gasteiger charge is 2.15. The minimum Gasteiger partial charge on any atom is -0.507 e. The fraction of sp³-hybridized carbons (Fsp3) is 0.167. The first-order valence-electron chi connectivity index (χ1n) is 7.91. The number of amides is 2. The number of carbonyl (C=O) groups excluding carboxylic acids is 2. The van der Waals surface area contributed by atoms with Crippen LogP contribution in [0.1, 0.15) is 15.9 Å². The Kier molecular flexibility index (Phi) is 5.33. The second-order valence-electron chi connectivity index (χ2n) is 5.39. The number of phenols is 1. The number of hydrogen-bond donors (Lipinski definition) is 3. The SMILES string of the molecule is O=C(CNC(=O)c1ccc2c(c1)OCCO2)N/N=C/c1ccccc1O. The van der Waals surface area contributed by atoms with Gasteiger partial charge >= 0.3 is 0 Å². The molecule has 0 aromatic heterocycles. The highest BCUT2D eigenvalue weighted by atomic mass is 16.6. The number of hydrazone groups is 1. The van der Waals surface area contributed by atoms with Gasteiger partial charge < -0.3 is 19.9 Å². The third kappa shape index (κ3) is 4.29. The second kappa shape index (κ2) is 8.02. The summed E-state index contributed by atoms with van der Waals surface area (Å²) >= 11 is 0. The van der Waals surface area contributed by atoms with E-state index in [2.05, 4.69) is 15.8 Å². The van der Waals surface area contributed by atoms with Crippen LogP contribution in [0.15, 0.2) is 47.6 Å². The summed E-state index contributed by atoms with van der Waals surface area (Å²) in [5, 5.41) is 15.8. The lowest BCUT2D eigenvalue weighted by molar-refractivity contribution is -0.120. The van der Waals surface area contributed by atoms with E-state index in [1.807, 2.05) is 0 Å². The Morgan fingerprint density at radius 3 is 2.69 bits per heavy atom. The van der Waals surface area contributed by atoms with Crippen molar-refractivity contribution < 1.29 is 24.2 Å². The van der Waals surface area contributed by atoms with Crippen LogP contribution in [-0.2, 0) is 4.79 Å². The third-order valence-corrected chi connectivity index (χ3v) is 3.54. The van der Waals surface area contributed by atoms with Crippen LogP contribution < -0.4 is 20.2 Å². The molecule has 1 heterocycles. The van der Waals surface area contributed by atoms with Crippen LogP contribution in [0.25, 0.3) is 0 Å². The van der Waals surface area contributed by atoms with Crippen molar-refractivity contribution in [2.24, 2.45) is 5.10 Å². The third-order valence-electron chi connectivity index (χ3n) is 3.54. The van der Waals surface area contributed by atoms with Crippen LogP contribution in [-0.4, -0.2) is 42.9 Å². The lowest BCUT2D eigenvalue weighted by Crippen LogP contribution is -2.35. The van der Waals surface area contributed by atoms with Gasteiger partial charge in [-0.25, -0.2) is 5.43 Å². The summed E-state index contributed by atoms with van der Waals surface area (Å²) in [5.74, 6) is 0.228. The molecule has 0 aliphatic carbocycles. The van der Waals surface area contributed by atoms with Gasteiger partial charge in [-0.15, -0.1) is 0 Å². The summed E-state index contributed by atoms with van der Waals surface area (Å²) in [6, 6.07) is 11.4. The van der Waals surface area contributed by atoms with Gasteiger partial charge in [0.25, 0.3) is 11.8 Å². The summed E-state index contributed by atoms with van der Waals surface area (Å²) in [4.78, 5) is 23.9. The van der Waals surface area contributed by atoms with Crippen molar-refractivity contribution in [1.82, 2.24) is 10.7 Å². The van der Waals surface area contributed by atoms with E-state index >= 15 is 0 Å². The van der Waals surface area contributed by atoms with Gasteiger partial charge in [-0.3, -0.25) is 9.59 Å². The molecule has 2 aromatic rings. The maximum Gasteiger partial charge on any atom is 0.259 e. The number of carbonyl (C=O) groups is 2. The molecule has 0 saturated carbocycles. The molecule has 1 aliphatic heterocycles. The average molecular weight is 355 g/mol. The molecule has 0 atom stereocenters. The van der Waals surface area contributed by atoms with Gasteiger partial charge in [-0.05, 0) is 30.3 Å². The Hall–Kier alpha value is -3.55. The number of ether oxygens (including phenoxy) is 2. The highest BCUT2D eigenvalue weighted by molar-refractivity contribution is 5.97. The predicted octanol–water partition coefficient (Wildman–Crippen LogP) is 1.04. The molecule has 0 saturated heterocycles. The van der Waals surface area contributed by atoms with Gasteiger partial charge in [0, 0.05) is 11.1 Å². The topological polar surface area (TPSA) is 109 Å². The molecule has 3 rings (SSSR count). The molecule has 8 heteroatoms. The van der Waals surface area contributed by atoms with Crippen molar-refractivity contribution in [1.29, 1.82) is 0 Å².